The van der Waals surface area contributed by atoms with E-state index in [0.717, 1.165) is 10.6 Å². The minimum Gasteiger partial charge on any atom is -0.324 e. The molecule has 0 aliphatic carbocycles. The highest BCUT2D eigenvalue weighted by atomic mass is 35.5. The third kappa shape index (κ3) is 6.01. The Morgan fingerprint density at radius 2 is 1.69 bits per heavy atom. The first-order chi connectivity index (χ1) is 12.1. The lowest BCUT2D eigenvalue weighted by Gasteiger charge is -2.20. The van der Waals surface area contributed by atoms with Crippen LogP contribution in [0.5, 0.6) is 0 Å². The van der Waals surface area contributed by atoms with E-state index in [2.05, 4.69) is 5.32 Å². The second-order valence-corrected chi connectivity index (χ2v) is 9.09. The molecule has 0 aromatic heterocycles. The summed E-state index contributed by atoms with van der Waals surface area (Å²) in [5.41, 5.74) is 0.936. The molecule has 0 spiro atoms. The summed E-state index contributed by atoms with van der Waals surface area (Å²) in [5, 5.41) is 3.90. The highest BCUT2D eigenvalue weighted by Crippen LogP contribution is 2.26. The topological polar surface area (TPSA) is 66.5 Å². The van der Waals surface area contributed by atoms with Crippen LogP contribution in [0.4, 0.5) is 5.69 Å². The van der Waals surface area contributed by atoms with E-state index in [0.29, 0.717) is 26.3 Å². The van der Waals surface area contributed by atoms with Crippen LogP contribution in [-0.4, -0.2) is 31.4 Å². The number of sulfonamides is 1. The zero-order valence-electron chi connectivity index (χ0n) is 13.5. The van der Waals surface area contributed by atoms with E-state index in [9.17, 15) is 13.2 Å². The van der Waals surface area contributed by atoms with Crippen LogP contribution in [0.1, 0.15) is 5.56 Å². The van der Waals surface area contributed by atoms with Crippen molar-refractivity contribution in [2.75, 3.05) is 18.1 Å². The molecule has 0 aliphatic rings. The summed E-state index contributed by atoms with van der Waals surface area (Å²) in [7, 11) is -3.65. The Balaban J connectivity index is 2.14. The zero-order chi connectivity index (χ0) is 19.5. The smallest absolute Gasteiger partial charge is 0.239 e. The van der Waals surface area contributed by atoms with Gasteiger partial charge >= 0.3 is 0 Å². The van der Waals surface area contributed by atoms with E-state index in [1.165, 1.54) is 12.1 Å². The van der Waals surface area contributed by atoms with Crippen molar-refractivity contribution in [1.29, 1.82) is 0 Å². The number of rotatable bonds is 6. The van der Waals surface area contributed by atoms with Gasteiger partial charge in [0.1, 0.15) is 0 Å². The zero-order valence-corrected chi connectivity index (χ0v) is 17.3. The van der Waals surface area contributed by atoms with Crippen molar-refractivity contribution < 1.29 is 13.2 Å². The van der Waals surface area contributed by atoms with E-state index in [-0.39, 0.29) is 11.6 Å². The maximum atomic E-state index is 12.3. The van der Waals surface area contributed by atoms with Crippen molar-refractivity contribution in [1.82, 2.24) is 4.31 Å². The Morgan fingerprint density at radius 1 is 1.00 bits per heavy atom. The number of benzene rings is 2. The lowest BCUT2D eigenvalue weighted by Crippen LogP contribution is -2.36. The van der Waals surface area contributed by atoms with Gasteiger partial charge in [-0.1, -0.05) is 52.5 Å². The molecule has 5 nitrogen and oxygen atoms in total. The molecule has 2 aromatic carbocycles. The van der Waals surface area contributed by atoms with E-state index < -0.39 is 22.5 Å². The third-order valence-electron chi connectivity index (χ3n) is 3.34. The van der Waals surface area contributed by atoms with Crippen molar-refractivity contribution in [2.45, 2.75) is 6.54 Å². The summed E-state index contributed by atoms with van der Waals surface area (Å²) >= 11 is 23.6. The number of anilines is 1. The van der Waals surface area contributed by atoms with Crippen LogP contribution in [0.2, 0.25) is 20.1 Å². The summed E-state index contributed by atoms with van der Waals surface area (Å²) in [4.78, 5) is 12.3. The average Bonchev–Trinajstić information content (AvgIpc) is 2.52. The first-order valence-corrected chi connectivity index (χ1v) is 10.6. The van der Waals surface area contributed by atoms with Gasteiger partial charge in [0.25, 0.3) is 0 Å². The maximum Gasteiger partial charge on any atom is 0.239 e. The van der Waals surface area contributed by atoms with Gasteiger partial charge in [-0.3, -0.25) is 4.79 Å². The van der Waals surface area contributed by atoms with Crippen molar-refractivity contribution >= 4 is 68.0 Å². The number of carbonyl (C=O) groups excluding carboxylic acids is 1. The number of nitrogens with one attached hydrogen (secondary N) is 1. The van der Waals surface area contributed by atoms with Gasteiger partial charge in [-0.05, 0) is 35.9 Å². The molecule has 0 unspecified atom stereocenters. The van der Waals surface area contributed by atoms with Crippen molar-refractivity contribution in [3.8, 4) is 0 Å². The first-order valence-electron chi connectivity index (χ1n) is 7.20. The van der Waals surface area contributed by atoms with Gasteiger partial charge < -0.3 is 5.32 Å². The minimum absolute atomic E-state index is 0.0303. The summed E-state index contributed by atoms with van der Waals surface area (Å²) in [6, 6.07) is 9.33. The molecule has 26 heavy (non-hydrogen) atoms. The summed E-state index contributed by atoms with van der Waals surface area (Å²) in [6.45, 7) is -0.421. The Bertz CT molecular complexity index is 935. The molecule has 2 rings (SSSR count). The predicted octanol–water partition coefficient (Wildman–Crippen LogP) is 4.70. The predicted molar refractivity (Wildman–Crippen MR) is 107 cm³/mol. The molecule has 140 valence electrons. The fourth-order valence-electron chi connectivity index (χ4n) is 2.07. The Hall–Kier alpha value is -1.02. The van der Waals surface area contributed by atoms with Crippen LogP contribution in [0.3, 0.4) is 0 Å². The van der Waals surface area contributed by atoms with Gasteiger partial charge in [0.15, 0.2) is 0 Å². The maximum absolute atomic E-state index is 12.3. The number of carbonyl (C=O) groups is 1. The van der Waals surface area contributed by atoms with Crippen LogP contribution in [0.25, 0.3) is 0 Å². The molecule has 1 amide bonds. The van der Waals surface area contributed by atoms with Crippen LogP contribution in [0, 0.1) is 0 Å². The van der Waals surface area contributed by atoms with Crippen molar-refractivity contribution in [2.24, 2.45) is 0 Å². The standard InChI is InChI=1S/C16H14Cl4N2O3S/c1-26(24,25)22(8-10-2-4-12(18)13(19)6-10)9-16(23)21-15-5-3-11(17)7-14(15)20/h2-7H,8-9H2,1H3,(H,21,23). The molecule has 0 saturated carbocycles. The summed E-state index contributed by atoms with van der Waals surface area (Å²) in [6.07, 6.45) is 1.02. The second-order valence-electron chi connectivity index (χ2n) is 5.45. The minimum atomic E-state index is -3.65. The fourth-order valence-corrected chi connectivity index (χ4v) is 3.58. The van der Waals surface area contributed by atoms with Gasteiger partial charge in [-0.25, -0.2) is 8.42 Å². The molecule has 0 bridgehead atoms. The van der Waals surface area contributed by atoms with Crippen LogP contribution >= 0.6 is 46.4 Å². The van der Waals surface area contributed by atoms with Gasteiger partial charge in [-0.15, -0.1) is 0 Å². The number of hydrogen-bond acceptors (Lipinski definition) is 3. The number of amides is 1. The van der Waals surface area contributed by atoms with E-state index >= 15 is 0 Å². The molecule has 0 radical (unpaired) electrons. The van der Waals surface area contributed by atoms with Crippen LogP contribution in [-0.2, 0) is 21.4 Å². The molecule has 0 fully saturated rings. The summed E-state index contributed by atoms with van der Waals surface area (Å²) in [5.74, 6) is -0.542. The molecule has 0 atom stereocenters. The Labute approximate surface area is 171 Å². The third-order valence-corrected chi connectivity index (χ3v) is 5.82. The normalized spacial score (nSPS) is 11.6. The van der Waals surface area contributed by atoms with Gasteiger partial charge in [0.2, 0.25) is 15.9 Å². The van der Waals surface area contributed by atoms with E-state index in [1.54, 1.807) is 24.3 Å². The lowest BCUT2D eigenvalue weighted by molar-refractivity contribution is -0.116. The first kappa shape index (κ1) is 21.3. The van der Waals surface area contributed by atoms with E-state index in [1.807, 2.05) is 0 Å². The molecular formula is C16H14Cl4N2O3S. The molecule has 0 aliphatic heterocycles. The number of hydrogen-bond donors (Lipinski definition) is 1. The highest BCUT2D eigenvalue weighted by Gasteiger charge is 2.21. The average molecular weight is 456 g/mol. The Morgan fingerprint density at radius 3 is 2.27 bits per heavy atom. The molecular weight excluding hydrogens is 442 g/mol. The summed E-state index contributed by atoms with van der Waals surface area (Å²) < 4.78 is 25.1. The van der Waals surface area contributed by atoms with Gasteiger partial charge in [0.05, 0.1) is 33.6 Å². The largest absolute Gasteiger partial charge is 0.324 e. The molecule has 0 heterocycles. The van der Waals surface area contributed by atoms with Gasteiger partial charge in [-0.2, -0.15) is 4.31 Å². The second kappa shape index (κ2) is 8.78. The number of nitrogens with zero attached hydrogens (tertiary/aromatic N) is 1. The fraction of sp³-hybridized carbons (Fsp3) is 0.188. The molecule has 0 saturated heterocycles. The van der Waals surface area contributed by atoms with Crippen LogP contribution in [0.15, 0.2) is 36.4 Å². The van der Waals surface area contributed by atoms with Gasteiger partial charge in [0, 0.05) is 11.6 Å². The highest BCUT2D eigenvalue weighted by molar-refractivity contribution is 7.88. The SMILES string of the molecule is CS(=O)(=O)N(CC(=O)Nc1ccc(Cl)cc1Cl)Cc1ccc(Cl)c(Cl)c1. The Kier molecular flexibility index (Phi) is 7.19. The molecule has 10 heteroatoms. The monoisotopic (exact) mass is 454 g/mol. The lowest BCUT2D eigenvalue weighted by atomic mass is 10.2. The molecule has 2 aromatic rings. The number of halogens is 4. The van der Waals surface area contributed by atoms with Crippen molar-refractivity contribution in [3.05, 3.63) is 62.1 Å². The van der Waals surface area contributed by atoms with E-state index in [4.69, 9.17) is 46.4 Å². The molecule has 1 N–H and O–H groups in total. The quantitative estimate of drug-likeness (QED) is 0.686. The van der Waals surface area contributed by atoms with Crippen molar-refractivity contribution in [3.63, 3.8) is 0 Å². The van der Waals surface area contributed by atoms with Crippen LogP contribution < -0.4 is 5.32 Å².